The molecule has 0 amide bonds. The third-order valence-corrected chi connectivity index (χ3v) is 1.83. The maximum absolute atomic E-state index is 10.4. The van der Waals surface area contributed by atoms with E-state index in [1.165, 1.54) is 6.92 Å². The molecule has 0 saturated heterocycles. The van der Waals surface area contributed by atoms with Gasteiger partial charge < -0.3 is 18.9 Å². The third kappa shape index (κ3) is 15.4. The minimum absolute atomic E-state index is 0.250. The summed E-state index contributed by atoms with van der Waals surface area (Å²) >= 11 is 0. The first-order chi connectivity index (χ1) is 8.27. The lowest BCUT2D eigenvalue weighted by molar-refractivity contribution is -0.141. The maximum Gasteiger partial charge on any atom is 0.302 e. The van der Waals surface area contributed by atoms with Crippen LogP contribution >= 0.6 is 0 Å². The van der Waals surface area contributed by atoms with Gasteiger partial charge in [0.2, 0.25) is 0 Å². The molecule has 0 saturated carbocycles. The Morgan fingerprint density at radius 1 is 0.824 bits per heavy atom. The van der Waals surface area contributed by atoms with E-state index in [4.69, 9.17) is 18.9 Å². The molecular formula is C12H24O5. The highest BCUT2D eigenvalue weighted by atomic mass is 16.5. The van der Waals surface area contributed by atoms with E-state index in [2.05, 4.69) is 6.92 Å². The van der Waals surface area contributed by atoms with E-state index < -0.39 is 0 Å². The number of carbonyl (C=O) groups excluding carboxylic acids is 1. The molecule has 0 N–H and O–H groups in total. The fourth-order valence-corrected chi connectivity index (χ4v) is 1.06. The molecule has 0 unspecified atom stereocenters. The highest BCUT2D eigenvalue weighted by molar-refractivity contribution is 5.65. The molecule has 0 radical (unpaired) electrons. The number of hydrogen-bond acceptors (Lipinski definition) is 5. The van der Waals surface area contributed by atoms with Crippen molar-refractivity contribution in [1.29, 1.82) is 0 Å². The van der Waals surface area contributed by atoms with Gasteiger partial charge in [0.05, 0.1) is 33.0 Å². The molecule has 17 heavy (non-hydrogen) atoms. The van der Waals surface area contributed by atoms with Crippen molar-refractivity contribution >= 4 is 5.97 Å². The first-order valence-corrected chi connectivity index (χ1v) is 6.14. The van der Waals surface area contributed by atoms with Crippen molar-refractivity contribution in [2.75, 3.05) is 46.2 Å². The highest BCUT2D eigenvalue weighted by Crippen LogP contribution is 1.87. The summed E-state index contributed by atoms with van der Waals surface area (Å²) in [5, 5.41) is 0. The molecule has 102 valence electrons. The second kappa shape index (κ2) is 13.4. The molecule has 0 heterocycles. The second-order valence-corrected chi connectivity index (χ2v) is 3.53. The summed E-state index contributed by atoms with van der Waals surface area (Å²) in [6, 6.07) is 0. The smallest absolute Gasteiger partial charge is 0.302 e. The van der Waals surface area contributed by atoms with Crippen molar-refractivity contribution in [2.24, 2.45) is 0 Å². The van der Waals surface area contributed by atoms with Gasteiger partial charge in [-0.05, 0) is 6.42 Å². The van der Waals surface area contributed by atoms with Gasteiger partial charge in [-0.1, -0.05) is 6.92 Å². The predicted octanol–water partition coefficient (Wildman–Crippen LogP) is 1.40. The zero-order chi connectivity index (χ0) is 12.8. The SMILES string of the molecule is CCCOCCOCCOCCCOC(C)=O. The van der Waals surface area contributed by atoms with Gasteiger partial charge in [-0.25, -0.2) is 0 Å². The molecule has 0 aromatic carbocycles. The van der Waals surface area contributed by atoms with E-state index in [9.17, 15) is 4.79 Å². The summed E-state index contributed by atoms with van der Waals surface area (Å²) in [6.45, 7) is 7.65. The van der Waals surface area contributed by atoms with Crippen LogP contribution in [0.25, 0.3) is 0 Å². The molecule has 0 aromatic rings. The quantitative estimate of drug-likeness (QED) is 0.386. The Hall–Kier alpha value is -0.650. The first kappa shape index (κ1) is 16.4. The Kier molecular flexibility index (Phi) is 12.9. The molecule has 5 heteroatoms. The fraction of sp³-hybridized carbons (Fsp3) is 0.917. The van der Waals surface area contributed by atoms with Crippen molar-refractivity contribution in [3.05, 3.63) is 0 Å². The van der Waals surface area contributed by atoms with Crippen LogP contribution in [-0.4, -0.2) is 52.2 Å². The summed E-state index contributed by atoms with van der Waals surface area (Å²) in [5.41, 5.74) is 0. The molecule has 0 atom stereocenters. The summed E-state index contributed by atoms with van der Waals surface area (Å²) in [7, 11) is 0. The molecule has 0 aromatic heterocycles. The minimum Gasteiger partial charge on any atom is -0.466 e. The van der Waals surface area contributed by atoms with Crippen LogP contribution in [-0.2, 0) is 23.7 Å². The van der Waals surface area contributed by atoms with Gasteiger partial charge in [-0.2, -0.15) is 0 Å². The number of carbonyl (C=O) groups is 1. The number of esters is 1. The van der Waals surface area contributed by atoms with E-state index in [1.807, 2.05) is 0 Å². The van der Waals surface area contributed by atoms with Gasteiger partial charge in [-0.15, -0.1) is 0 Å². The summed E-state index contributed by atoms with van der Waals surface area (Å²) in [5.74, 6) is -0.250. The second-order valence-electron chi connectivity index (χ2n) is 3.53. The Bertz CT molecular complexity index is 172. The van der Waals surface area contributed by atoms with Crippen LogP contribution in [0.3, 0.4) is 0 Å². The molecule has 0 aliphatic rings. The van der Waals surface area contributed by atoms with Crippen molar-refractivity contribution in [3.8, 4) is 0 Å². The zero-order valence-electron chi connectivity index (χ0n) is 10.9. The van der Waals surface area contributed by atoms with Crippen LogP contribution in [0.5, 0.6) is 0 Å². The average Bonchev–Trinajstić information content (AvgIpc) is 2.30. The largest absolute Gasteiger partial charge is 0.466 e. The van der Waals surface area contributed by atoms with Gasteiger partial charge in [0, 0.05) is 26.6 Å². The highest BCUT2D eigenvalue weighted by Gasteiger charge is 1.94. The first-order valence-electron chi connectivity index (χ1n) is 6.14. The van der Waals surface area contributed by atoms with Crippen LogP contribution in [0.1, 0.15) is 26.7 Å². The van der Waals surface area contributed by atoms with Crippen LogP contribution < -0.4 is 0 Å². The molecule has 0 aliphatic carbocycles. The molecular weight excluding hydrogens is 224 g/mol. The number of ether oxygens (including phenoxy) is 4. The van der Waals surface area contributed by atoms with E-state index >= 15 is 0 Å². The predicted molar refractivity (Wildman–Crippen MR) is 64.0 cm³/mol. The van der Waals surface area contributed by atoms with Crippen LogP contribution in [0.15, 0.2) is 0 Å². The summed E-state index contributed by atoms with van der Waals surface area (Å²) in [4.78, 5) is 10.4. The van der Waals surface area contributed by atoms with Gasteiger partial charge in [0.15, 0.2) is 0 Å². The lowest BCUT2D eigenvalue weighted by Crippen LogP contribution is -2.11. The third-order valence-electron chi connectivity index (χ3n) is 1.83. The van der Waals surface area contributed by atoms with Gasteiger partial charge in [0.25, 0.3) is 0 Å². The van der Waals surface area contributed by atoms with Gasteiger partial charge >= 0.3 is 5.97 Å². The standard InChI is InChI=1S/C12H24O5/c1-3-5-14-8-10-16-11-9-15-6-4-7-17-12(2)13/h3-11H2,1-2H3. The van der Waals surface area contributed by atoms with Crippen LogP contribution in [0.4, 0.5) is 0 Å². The summed E-state index contributed by atoms with van der Waals surface area (Å²) in [6.07, 6.45) is 1.75. The molecule has 0 spiro atoms. The van der Waals surface area contributed by atoms with E-state index in [1.54, 1.807) is 0 Å². The lowest BCUT2D eigenvalue weighted by Gasteiger charge is -2.06. The van der Waals surface area contributed by atoms with E-state index in [0.717, 1.165) is 19.4 Å². The Labute approximate surface area is 103 Å². The zero-order valence-corrected chi connectivity index (χ0v) is 10.9. The van der Waals surface area contributed by atoms with Gasteiger partial charge in [-0.3, -0.25) is 4.79 Å². The Morgan fingerprint density at radius 3 is 1.88 bits per heavy atom. The number of hydrogen-bond donors (Lipinski definition) is 0. The van der Waals surface area contributed by atoms with Gasteiger partial charge in [0.1, 0.15) is 0 Å². The number of rotatable bonds is 12. The van der Waals surface area contributed by atoms with Crippen molar-refractivity contribution in [3.63, 3.8) is 0 Å². The van der Waals surface area contributed by atoms with Crippen molar-refractivity contribution < 1.29 is 23.7 Å². The Morgan fingerprint density at radius 2 is 1.35 bits per heavy atom. The molecule has 5 nitrogen and oxygen atoms in total. The topological polar surface area (TPSA) is 54.0 Å². The van der Waals surface area contributed by atoms with Crippen LogP contribution in [0.2, 0.25) is 0 Å². The molecule has 0 fully saturated rings. The molecule has 0 rings (SSSR count). The fourth-order valence-electron chi connectivity index (χ4n) is 1.06. The Balaban J connectivity index is 2.91. The summed E-state index contributed by atoms with van der Waals surface area (Å²) < 4.78 is 20.6. The monoisotopic (exact) mass is 248 g/mol. The van der Waals surface area contributed by atoms with Crippen molar-refractivity contribution in [2.45, 2.75) is 26.7 Å². The maximum atomic E-state index is 10.4. The van der Waals surface area contributed by atoms with Crippen LogP contribution in [0, 0.1) is 0 Å². The van der Waals surface area contributed by atoms with E-state index in [0.29, 0.717) is 39.6 Å². The molecule has 0 bridgehead atoms. The minimum atomic E-state index is -0.250. The lowest BCUT2D eigenvalue weighted by atomic mass is 10.5. The average molecular weight is 248 g/mol. The normalized spacial score (nSPS) is 10.5. The van der Waals surface area contributed by atoms with E-state index in [-0.39, 0.29) is 5.97 Å². The molecule has 0 aliphatic heterocycles. The van der Waals surface area contributed by atoms with Crippen molar-refractivity contribution in [1.82, 2.24) is 0 Å².